The van der Waals surface area contributed by atoms with Crippen molar-refractivity contribution in [3.8, 4) is 0 Å². The minimum absolute atomic E-state index is 0.0122. The number of amides is 2. The Kier molecular flexibility index (Phi) is 10.1. The molecule has 0 saturated carbocycles. The Hall–Kier alpha value is -3.56. The standard InChI is InChI=1S/C33H42N6O2/c34-19-10-17-29-33(41)39(23-28(24-11-4-1-5-12-24)25-13-6-2-7-14-25)20-18-27(36-29)22-35-32(40)31-21-30(37-38-31)26-15-8-3-9-16-26/h1-9,11-16,27-31,36-38H,10,17-23,34H2,(H,35,40)/t27-,29-,30?,31?/m0/s1. The Morgan fingerprint density at radius 3 is 2.20 bits per heavy atom. The highest BCUT2D eigenvalue weighted by Gasteiger charge is 2.34. The molecule has 0 spiro atoms. The molecule has 2 amide bonds. The lowest BCUT2D eigenvalue weighted by Gasteiger charge is -2.29. The van der Waals surface area contributed by atoms with Crippen LogP contribution in [0.3, 0.4) is 0 Å². The van der Waals surface area contributed by atoms with Gasteiger partial charge in [-0.25, -0.2) is 10.9 Å². The fourth-order valence-electron chi connectivity index (χ4n) is 5.93. The second-order valence-corrected chi connectivity index (χ2v) is 11.1. The van der Waals surface area contributed by atoms with Gasteiger partial charge in [0.25, 0.3) is 0 Å². The number of rotatable bonds is 11. The van der Waals surface area contributed by atoms with E-state index in [1.165, 1.54) is 11.1 Å². The molecule has 5 rings (SSSR count). The molecule has 8 nitrogen and oxygen atoms in total. The molecule has 2 heterocycles. The molecule has 2 fully saturated rings. The zero-order valence-electron chi connectivity index (χ0n) is 23.5. The first-order valence-electron chi connectivity index (χ1n) is 14.8. The molecule has 0 aromatic heterocycles. The van der Waals surface area contributed by atoms with Crippen LogP contribution in [-0.2, 0) is 9.59 Å². The van der Waals surface area contributed by atoms with Crippen LogP contribution in [0.2, 0.25) is 0 Å². The molecule has 0 bridgehead atoms. The summed E-state index contributed by atoms with van der Waals surface area (Å²) in [6.07, 6.45) is 2.87. The third kappa shape index (κ3) is 7.59. The van der Waals surface area contributed by atoms with Crippen LogP contribution in [0.15, 0.2) is 91.0 Å². The van der Waals surface area contributed by atoms with Gasteiger partial charge in [0.15, 0.2) is 0 Å². The van der Waals surface area contributed by atoms with Gasteiger partial charge in [-0.2, -0.15) is 0 Å². The molecular weight excluding hydrogens is 512 g/mol. The maximum absolute atomic E-state index is 13.8. The molecular formula is C33H42N6O2. The van der Waals surface area contributed by atoms with E-state index >= 15 is 0 Å². The van der Waals surface area contributed by atoms with Gasteiger partial charge in [0.05, 0.1) is 6.04 Å². The van der Waals surface area contributed by atoms with Crippen LogP contribution < -0.4 is 27.2 Å². The monoisotopic (exact) mass is 554 g/mol. The Bertz CT molecular complexity index is 1200. The van der Waals surface area contributed by atoms with E-state index in [4.69, 9.17) is 5.73 Å². The summed E-state index contributed by atoms with van der Waals surface area (Å²) in [5.41, 5.74) is 15.8. The van der Waals surface area contributed by atoms with Crippen molar-refractivity contribution in [3.63, 3.8) is 0 Å². The first-order chi connectivity index (χ1) is 20.1. The number of hydrogen-bond donors (Lipinski definition) is 5. The second-order valence-electron chi connectivity index (χ2n) is 11.1. The van der Waals surface area contributed by atoms with Gasteiger partial charge in [-0.1, -0.05) is 91.0 Å². The first kappa shape index (κ1) is 29.0. The van der Waals surface area contributed by atoms with Gasteiger partial charge in [-0.05, 0) is 48.9 Å². The van der Waals surface area contributed by atoms with E-state index < -0.39 is 0 Å². The van der Waals surface area contributed by atoms with Crippen molar-refractivity contribution >= 4 is 11.8 Å². The Labute approximate surface area is 243 Å². The Morgan fingerprint density at radius 1 is 0.927 bits per heavy atom. The first-order valence-corrected chi connectivity index (χ1v) is 14.8. The number of nitrogens with one attached hydrogen (secondary N) is 4. The highest BCUT2D eigenvalue weighted by Crippen LogP contribution is 2.27. The average Bonchev–Trinajstić information content (AvgIpc) is 3.47. The van der Waals surface area contributed by atoms with Gasteiger partial charge in [0.2, 0.25) is 11.8 Å². The van der Waals surface area contributed by atoms with E-state index in [0.29, 0.717) is 39.0 Å². The van der Waals surface area contributed by atoms with Crippen molar-refractivity contribution in [1.82, 2.24) is 26.4 Å². The van der Waals surface area contributed by atoms with Gasteiger partial charge in [0, 0.05) is 37.6 Å². The Balaban J connectivity index is 1.23. The molecule has 2 saturated heterocycles. The molecule has 0 aliphatic carbocycles. The second kappa shape index (κ2) is 14.4. The predicted octanol–water partition coefficient (Wildman–Crippen LogP) is 2.84. The molecule has 2 aliphatic rings. The smallest absolute Gasteiger partial charge is 0.239 e. The number of benzene rings is 3. The predicted molar refractivity (Wildman–Crippen MR) is 162 cm³/mol. The van der Waals surface area contributed by atoms with Gasteiger partial charge in [0.1, 0.15) is 6.04 Å². The van der Waals surface area contributed by atoms with E-state index in [-0.39, 0.29) is 41.9 Å². The lowest BCUT2D eigenvalue weighted by atomic mass is 9.90. The van der Waals surface area contributed by atoms with Crippen LogP contribution in [0.4, 0.5) is 0 Å². The van der Waals surface area contributed by atoms with Crippen LogP contribution in [0.5, 0.6) is 0 Å². The van der Waals surface area contributed by atoms with E-state index in [1.54, 1.807) is 0 Å². The van der Waals surface area contributed by atoms with Crippen LogP contribution in [0.25, 0.3) is 0 Å². The molecule has 2 aliphatic heterocycles. The summed E-state index contributed by atoms with van der Waals surface area (Å²) in [4.78, 5) is 28.9. The van der Waals surface area contributed by atoms with Gasteiger partial charge in [-0.15, -0.1) is 0 Å². The Morgan fingerprint density at radius 2 is 1.56 bits per heavy atom. The zero-order chi connectivity index (χ0) is 28.4. The highest BCUT2D eigenvalue weighted by atomic mass is 16.2. The van der Waals surface area contributed by atoms with Crippen molar-refractivity contribution in [2.24, 2.45) is 5.73 Å². The zero-order valence-corrected chi connectivity index (χ0v) is 23.5. The van der Waals surface area contributed by atoms with Crippen LogP contribution in [-0.4, -0.2) is 61.0 Å². The molecule has 2 unspecified atom stereocenters. The number of carbonyl (C=O) groups is 2. The van der Waals surface area contributed by atoms with Gasteiger partial charge >= 0.3 is 0 Å². The van der Waals surface area contributed by atoms with Crippen molar-refractivity contribution in [2.75, 3.05) is 26.2 Å². The molecule has 3 aromatic carbocycles. The third-order valence-electron chi connectivity index (χ3n) is 8.24. The minimum Gasteiger partial charge on any atom is -0.353 e. The summed E-state index contributed by atoms with van der Waals surface area (Å²) < 4.78 is 0. The molecule has 8 heteroatoms. The average molecular weight is 555 g/mol. The van der Waals surface area contributed by atoms with Crippen LogP contribution in [0.1, 0.15) is 54.3 Å². The normalized spacial score (nSPS) is 23.0. The lowest BCUT2D eigenvalue weighted by Crippen LogP contribution is -2.51. The maximum atomic E-state index is 13.8. The number of carbonyl (C=O) groups excluding carboxylic acids is 2. The summed E-state index contributed by atoms with van der Waals surface area (Å²) in [7, 11) is 0. The lowest BCUT2D eigenvalue weighted by molar-refractivity contribution is -0.133. The SMILES string of the molecule is NCCC[C@@H]1N[C@H](CNC(=O)C2CC(c3ccccc3)NN2)CCN(CC(c2ccccc2)c2ccccc2)C1=O. The van der Waals surface area contributed by atoms with Gasteiger partial charge < -0.3 is 21.3 Å². The van der Waals surface area contributed by atoms with E-state index in [2.05, 4.69) is 82.1 Å². The fourth-order valence-corrected chi connectivity index (χ4v) is 5.93. The van der Waals surface area contributed by atoms with Crippen LogP contribution >= 0.6 is 0 Å². The van der Waals surface area contributed by atoms with Crippen molar-refractivity contribution in [3.05, 3.63) is 108 Å². The van der Waals surface area contributed by atoms with Gasteiger partial charge in [-0.3, -0.25) is 9.59 Å². The molecule has 3 aromatic rings. The van der Waals surface area contributed by atoms with Crippen molar-refractivity contribution in [1.29, 1.82) is 0 Å². The maximum Gasteiger partial charge on any atom is 0.239 e. The molecule has 216 valence electrons. The van der Waals surface area contributed by atoms with Crippen molar-refractivity contribution < 1.29 is 9.59 Å². The molecule has 4 atom stereocenters. The largest absolute Gasteiger partial charge is 0.353 e. The third-order valence-corrected chi connectivity index (χ3v) is 8.24. The summed E-state index contributed by atoms with van der Waals surface area (Å²) >= 11 is 0. The molecule has 41 heavy (non-hydrogen) atoms. The number of hydrazine groups is 1. The number of nitrogens with two attached hydrogens (primary N) is 1. The van der Waals surface area contributed by atoms with E-state index in [0.717, 1.165) is 18.4 Å². The fraction of sp³-hybridized carbons (Fsp3) is 0.394. The van der Waals surface area contributed by atoms with Crippen LogP contribution in [0, 0.1) is 0 Å². The topological polar surface area (TPSA) is 112 Å². The molecule has 0 radical (unpaired) electrons. The van der Waals surface area contributed by atoms with Crippen molar-refractivity contribution in [2.45, 2.75) is 55.8 Å². The molecule has 6 N–H and O–H groups in total. The summed E-state index contributed by atoms with van der Waals surface area (Å²) in [6, 6.07) is 30.4. The number of hydrogen-bond acceptors (Lipinski definition) is 6. The quantitative estimate of drug-likeness (QED) is 0.249. The summed E-state index contributed by atoms with van der Waals surface area (Å²) in [5, 5.41) is 6.70. The van der Waals surface area contributed by atoms with E-state index in [1.807, 2.05) is 35.2 Å². The number of nitrogens with zero attached hydrogens (tertiary/aromatic N) is 1. The summed E-state index contributed by atoms with van der Waals surface area (Å²) in [6.45, 7) is 2.23. The highest BCUT2D eigenvalue weighted by molar-refractivity contribution is 5.83. The minimum atomic E-state index is -0.330. The summed E-state index contributed by atoms with van der Waals surface area (Å²) in [5.74, 6) is 0.152. The van der Waals surface area contributed by atoms with E-state index in [9.17, 15) is 9.59 Å².